The summed E-state index contributed by atoms with van der Waals surface area (Å²) in [5.74, 6) is 0.743. The molecule has 0 aliphatic carbocycles. The summed E-state index contributed by atoms with van der Waals surface area (Å²) >= 11 is 0. The van der Waals surface area contributed by atoms with Crippen LogP contribution in [0.1, 0.15) is 44.9 Å². The molecule has 1 N–H and O–H groups in total. The minimum atomic E-state index is -0.377. The molecule has 5 nitrogen and oxygen atoms in total. The van der Waals surface area contributed by atoms with Crippen molar-refractivity contribution >= 4 is 5.91 Å². The van der Waals surface area contributed by atoms with Gasteiger partial charge in [-0.1, -0.05) is 36.4 Å². The molecule has 0 radical (unpaired) electrons. The van der Waals surface area contributed by atoms with E-state index in [0.717, 1.165) is 16.7 Å². The highest BCUT2D eigenvalue weighted by Crippen LogP contribution is 2.19. The maximum absolute atomic E-state index is 12.7. The largest absolute Gasteiger partial charge is 0.423 e. The molecule has 0 aliphatic heterocycles. The molecule has 3 rings (SSSR count). The van der Waals surface area contributed by atoms with Crippen LogP contribution in [0.25, 0.3) is 0 Å². The second-order valence-electron chi connectivity index (χ2n) is 6.17. The van der Waals surface area contributed by atoms with Gasteiger partial charge in [0.1, 0.15) is 6.04 Å². The van der Waals surface area contributed by atoms with Crippen LogP contribution in [0.3, 0.4) is 0 Å². The number of aromatic nitrogens is 2. The molecule has 0 fully saturated rings. The lowest BCUT2D eigenvalue weighted by Crippen LogP contribution is -2.30. The number of amides is 1. The van der Waals surface area contributed by atoms with Gasteiger partial charge in [0.05, 0.1) is 0 Å². The molecular weight excluding hydrogens is 314 g/mol. The Labute approximate surface area is 147 Å². The number of nitrogens with one attached hydrogen (secondary N) is 1. The average Bonchev–Trinajstić information content (AvgIpc) is 3.04. The quantitative estimate of drug-likeness (QED) is 0.772. The number of hydrogen-bond donors (Lipinski definition) is 1. The van der Waals surface area contributed by atoms with Crippen LogP contribution < -0.4 is 5.32 Å². The average molecular weight is 335 g/mol. The van der Waals surface area contributed by atoms with Crippen LogP contribution in [0.2, 0.25) is 0 Å². The van der Waals surface area contributed by atoms with Crippen molar-refractivity contribution in [3.05, 3.63) is 82.6 Å². The highest BCUT2D eigenvalue weighted by atomic mass is 16.4. The van der Waals surface area contributed by atoms with Gasteiger partial charge in [-0.05, 0) is 42.7 Å². The zero-order valence-electron chi connectivity index (χ0n) is 14.6. The lowest BCUT2D eigenvalue weighted by atomic mass is 10.0. The molecule has 1 atom stereocenters. The van der Waals surface area contributed by atoms with Crippen LogP contribution in [0.4, 0.5) is 0 Å². The first-order valence-electron chi connectivity index (χ1n) is 8.25. The van der Waals surface area contributed by atoms with E-state index in [1.165, 1.54) is 0 Å². The normalized spacial score (nSPS) is 12.0. The Morgan fingerprint density at radius 3 is 2.44 bits per heavy atom. The van der Waals surface area contributed by atoms with E-state index < -0.39 is 0 Å². The van der Waals surface area contributed by atoms with E-state index in [1.807, 2.05) is 62.4 Å². The lowest BCUT2D eigenvalue weighted by molar-refractivity contribution is 0.0929. The van der Waals surface area contributed by atoms with E-state index in [-0.39, 0.29) is 11.9 Å². The van der Waals surface area contributed by atoms with Crippen LogP contribution in [-0.4, -0.2) is 16.1 Å². The van der Waals surface area contributed by atoms with E-state index in [0.29, 0.717) is 23.8 Å². The molecule has 1 aromatic heterocycles. The lowest BCUT2D eigenvalue weighted by Gasteiger charge is -2.16. The number of carbonyl (C=O) groups excluding carboxylic acids is 1. The Hall–Kier alpha value is -2.95. The monoisotopic (exact) mass is 335 g/mol. The fourth-order valence-electron chi connectivity index (χ4n) is 2.63. The fourth-order valence-corrected chi connectivity index (χ4v) is 2.63. The van der Waals surface area contributed by atoms with Crippen molar-refractivity contribution in [2.75, 3.05) is 0 Å². The first-order chi connectivity index (χ1) is 12.0. The van der Waals surface area contributed by atoms with Crippen molar-refractivity contribution in [2.24, 2.45) is 0 Å². The van der Waals surface area contributed by atoms with E-state index in [2.05, 4.69) is 15.5 Å². The van der Waals surface area contributed by atoms with Crippen molar-refractivity contribution in [1.82, 2.24) is 15.5 Å². The first kappa shape index (κ1) is 16.9. The topological polar surface area (TPSA) is 68.0 Å². The number of hydrogen-bond acceptors (Lipinski definition) is 4. The van der Waals surface area contributed by atoms with Crippen molar-refractivity contribution in [2.45, 2.75) is 33.2 Å². The molecule has 0 aliphatic rings. The highest BCUT2D eigenvalue weighted by Gasteiger charge is 2.21. The van der Waals surface area contributed by atoms with Crippen LogP contribution in [0, 0.1) is 20.8 Å². The molecule has 25 heavy (non-hydrogen) atoms. The molecule has 5 heteroatoms. The number of nitrogens with zero attached hydrogens (tertiary/aromatic N) is 2. The number of carbonyl (C=O) groups is 1. The SMILES string of the molecule is Cc1nnc(C(Cc2ccccc2)NC(=O)c2ccc(C)c(C)c2)o1. The van der Waals surface area contributed by atoms with Crippen LogP contribution in [-0.2, 0) is 6.42 Å². The number of aryl methyl sites for hydroxylation is 3. The van der Waals surface area contributed by atoms with Gasteiger partial charge >= 0.3 is 0 Å². The molecule has 1 unspecified atom stereocenters. The van der Waals surface area contributed by atoms with Crippen molar-refractivity contribution < 1.29 is 9.21 Å². The zero-order chi connectivity index (χ0) is 17.8. The third kappa shape index (κ3) is 4.12. The van der Waals surface area contributed by atoms with Crippen molar-refractivity contribution in [1.29, 1.82) is 0 Å². The summed E-state index contributed by atoms with van der Waals surface area (Å²) in [7, 11) is 0. The summed E-state index contributed by atoms with van der Waals surface area (Å²) in [6, 6.07) is 15.2. The summed E-state index contributed by atoms with van der Waals surface area (Å²) in [5, 5.41) is 11.0. The predicted octanol–water partition coefficient (Wildman–Crippen LogP) is 3.71. The van der Waals surface area contributed by atoms with Gasteiger partial charge in [-0.25, -0.2) is 0 Å². The molecule has 128 valence electrons. The van der Waals surface area contributed by atoms with E-state index in [9.17, 15) is 4.79 Å². The maximum atomic E-state index is 12.7. The molecule has 1 amide bonds. The van der Waals surface area contributed by atoms with Crippen LogP contribution in [0.5, 0.6) is 0 Å². The van der Waals surface area contributed by atoms with Gasteiger partial charge in [0.15, 0.2) is 0 Å². The van der Waals surface area contributed by atoms with Gasteiger partial charge in [0.2, 0.25) is 11.8 Å². The predicted molar refractivity (Wildman–Crippen MR) is 95.3 cm³/mol. The van der Waals surface area contributed by atoms with E-state index >= 15 is 0 Å². The van der Waals surface area contributed by atoms with Gasteiger partial charge in [0, 0.05) is 18.9 Å². The zero-order valence-corrected chi connectivity index (χ0v) is 14.6. The van der Waals surface area contributed by atoms with Crippen molar-refractivity contribution in [3.63, 3.8) is 0 Å². The van der Waals surface area contributed by atoms with Gasteiger partial charge in [-0.3, -0.25) is 4.79 Å². The maximum Gasteiger partial charge on any atom is 0.251 e. The second kappa shape index (κ2) is 7.30. The first-order valence-corrected chi connectivity index (χ1v) is 8.25. The molecule has 1 heterocycles. The summed E-state index contributed by atoms with van der Waals surface area (Å²) in [6.45, 7) is 5.76. The fraction of sp³-hybridized carbons (Fsp3) is 0.250. The van der Waals surface area contributed by atoms with Gasteiger partial charge in [-0.15, -0.1) is 10.2 Å². The van der Waals surface area contributed by atoms with Crippen molar-refractivity contribution in [3.8, 4) is 0 Å². The molecular formula is C20H21N3O2. The van der Waals surface area contributed by atoms with Gasteiger partial charge in [-0.2, -0.15) is 0 Å². The van der Waals surface area contributed by atoms with Crippen LogP contribution in [0.15, 0.2) is 52.9 Å². The smallest absolute Gasteiger partial charge is 0.251 e. The summed E-state index contributed by atoms with van der Waals surface area (Å²) in [5.41, 5.74) is 3.95. The summed E-state index contributed by atoms with van der Waals surface area (Å²) in [6.07, 6.45) is 0.582. The Kier molecular flexibility index (Phi) is 4.93. The highest BCUT2D eigenvalue weighted by molar-refractivity contribution is 5.94. The Balaban J connectivity index is 1.83. The molecule has 0 bridgehead atoms. The molecule has 0 saturated heterocycles. The molecule has 0 saturated carbocycles. The number of benzene rings is 2. The Bertz CT molecular complexity index is 872. The van der Waals surface area contributed by atoms with Gasteiger partial charge in [0.25, 0.3) is 5.91 Å². The molecule has 3 aromatic rings. The van der Waals surface area contributed by atoms with Crippen LogP contribution >= 0.6 is 0 Å². The molecule has 0 spiro atoms. The minimum Gasteiger partial charge on any atom is -0.423 e. The third-order valence-corrected chi connectivity index (χ3v) is 4.20. The molecule has 2 aromatic carbocycles. The second-order valence-corrected chi connectivity index (χ2v) is 6.17. The standard InChI is InChI=1S/C20H21N3O2/c1-13-9-10-17(11-14(13)2)19(24)21-18(20-23-22-15(3)25-20)12-16-7-5-4-6-8-16/h4-11,18H,12H2,1-3H3,(H,21,24). The summed E-state index contributed by atoms with van der Waals surface area (Å²) < 4.78 is 5.56. The number of rotatable bonds is 5. The Morgan fingerprint density at radius 2 is 1.80 bits per heavy atom. The van der Waals surface area contributed by atoms with Gasteiger partial charge < -0.3 is 9.73 Å². The summed E-state index contributed by atoms with van der Waals surface area (Å²) in [4.78, 5) is 12.7. The third-order valence-electron chi connectivity index (χ3n) is 4.20. The Morgan fingerprint density at radius 1 is 1.04 bits per heavy atom. The van der Waals surface area contributed by atoms with E-state index in [1.54, 1.807) is 6.92 Å². The minimum absolute atomic E-state index is 0.153. The van der Waals surface area contributed by atoms with E-state index in [4.69, 9.17) is 4.42 Å².